The molecule has 0 aromatic rings. The number of nitrogens with two attached hydrogens (primary N) is 1. The molecule has 0 amide bonds. The Morgan fingerprint density at radius 1 is 0.700 bits per heavy atom. The van der Waals surface area contributed by atoms with Gasteiger partial charge in [-0.3, -0.25) is 0 Å². The van der Waals surface area contributed by atoms with Crippen LogP contribution in [0.25, 0.3) is 0 Å². The van der Waals surface area contributed by atoms with Crippen LogP contribution in [0.3, 0.4) is 0 Å². The van der Waals surface area contributed by atoms with Gasteiger partial charge in [0, 0.05) is 11.2 Å². The lowest BCUT2D eigenvalue weighted by molar-refractivity contribution is -0.0517. The van der Waals surface area contributed by atoms with Crippen LogP contribution in [0.1, 0.15) is 108 Å². The minimum absolute atomic E-state index is 0.0602. The van der Waals surface area contributed by atoms with Crippen molar-refractivity contribution in [3.8, 4) is 0 Å². The second-order valence-corrected chi connectivity index (χ2v) is 13.7. The van der Waals surface area contributed by atoms with E-state index in [2.05, 4.69) is 69.2 Å². The largest absolute Gasteiger partial charge is 0.417 e. The van der Waals surface area contributed by atoms with Crippen LogP contribution in [0.4, 0.5) is 0 Å². The molecule has 0 aliphatic carbocycles. The summed E-state index contributed by atoms with van der Waals surface area (Å²) in [7, 11) is -1.57. The smallest absolute Gasteiger partial charge is 0.191 e. The van der Waals surface area contributed by atoms with Gasteiger partial charge in [-0.1, -0.05) is 39.5 Å². The minimum Gasteiger partial charge on any atom is -0.417 e. The van der Waals surface area contributed by atoms with Gasteiger partial charge in [0.2, 0.25) is 0 Å². The van der Waals surface area contributed by atoms with Crippen molar-refractivity contribution in [2.24, 2.45) is 5.73 Å². The van der Waals surface area contributed by atoms with Gasteiger partial charge in [-0.15, -0.1) is 0 Å². The van der Waals surface area contributed by atoms with E-state index in [9.17, 15) is 0 Å². The van der Waals surface area contributed by atoms with Gasteiger partial charge in [-0.2, -0.15) is 0 Å². The highest BCUT2D eigenvalue weighted by Gasteiger charge is 2.28. The van der Waals surface area contributed by atoms with E-state index in [1.807, 2.05) is 0 Å². The average Bonchev–Trinajstić information content (AvgIpc) is 2.63. The molecule has 0 rings (SSSR count). The van der Waals surface area contributed by atoms with Crippen LogP contribution in [0.2, 0.25) is 0 Å². The summed E-state index contributed by atoms with van der Waals surface area (Å²) >= 11 is 0. The Balaban J connectivity index is 4.82. The molecule has 0 aromatic heterocycles. The molecule has 0 aliphatic rings. The summed E-state index contributed by atoms with van der Waals surface area (Å²) in [5.74, 6) is 0. The van der Waals surface area contributed by atoms with Crippen LogP contribution in [-0.4, -0.2) is 60.4 Å². The second-order valence-electron chi connectivity index (χ2n) is 10.6. The molecular formula is C23H53NO4Si2. The number of ether oxygens (including phenoxy) is 2. The van der Waals surface area contributed by atoms with E-state index < -0.39 is 19.5 Å². The first-order valence-corrected chi connectivity index (χ1v) is 14.9. The van der Waals surface area contributed by atoms with Crippen molar-refractivity contribution >= 4 is 19.5 Å². The van der Waals surface area contributed by atoms with Gasteiger partial charge in [0.1, 0.15) is 0 Å². The lowest BCUT2D eigenvalue weighted by atomic mass is 10.1. The molecule has 5 nitrogen and oxygen atoms in total. The van der Waals surface area contributed by atoms with Crippen LogP contribution in [0.5, 0.6) is 0 Å². The summed E-state index contributed by atoms with van der Waals surface area (Å²) < 4.78 is 25.1. The number of hydrogen-bond donors (Lipinski definition) is 1. The molecule has 182 valence electrons. The summed E-state index contributed by atoms with van der Waals surface area (Å²) in [6, 6.07) is -0.162. The van der Waals surface area contributed by atoms with Crippen LogP contribution in [0.15, 0.2) is 0 Å². The maximum absolute atomic E-state index is 6.58. The van der Waals surface area contributed by atoms with E-state index in [4.69, 9.17) is 24.1 Å². The average molecular weight is 464 g/mol. The number of unbranched alkanes of at least 4 members (excludes halogenated alkanes) is 2. The van der Waals surface area contributed by atoms with Gasteiger partial charge in [-0.05, 0) is 68.2 Å². The molecule has 0 aromatic carbocycles. The highest BCUT2D eigenvalue weighted by molar-refractivity contribution is 6.29. The minimum atomic E-state index is -0.787. The molecule has 0 radical (unpaired) electrons. The Bertz CT molecular complexity index is 388. The fraction of sp³-hybridized carbons (Fsp3) is 1.00. The lowest BCUT2D eigenvalue weighted by Crippen LogP contribution is -2.49. The van der Waals surface area contributed by atoms with Crippen LogP contribution >= 0.6 is 0 Å². The monoisotopic (exact) mass is 463 g/mol. The Hall–Kier alpha value is 0.234. The second kappa shape index (κ2) is 15.1. The van der Waals surface area contributed by atoms with Gasteiger partial charge in [0.25, 0.3) is 0 Å². The van der Waals surface area contributed by atoms with Gasteiger partial charge >= 0.3 is 0 Å². The van der Waals surface area contributed by atoms with Gasteiger partial charge in [-0.25, -0.2) is 0 Å². The summed E-state index contributed by atoms with van der Waals surface area (Å²) in [5, 5.41) is 0. The van der Waals surface area contributed by atoms with Crippen molar-refractivity contribution in [2.75, 3.05) is 0 Å². The van der Waals surface area contributed by atoms with Gasteiger partial charge in [0.15, 0.2) is 19.5 Å². The Labute approximate surface area is 192 Å². The highest BCUT2D eigenvalue weighted by Crippen LogP contribution is 2.17. The van der Waals surface area contributed by atoms with E-state index in [0.29, 0.717) is 0 Å². The van der Waals surface area contributed by atoms with Gasteiger partial charge in [0.05, 0.1) is 29.7 Å². The van der Waals surface area contributed by atoms with Crippen molar-refractivity contribution in [3.05, 3.63) is 0 Å². The summed E-state index contributed by atoms with van der Waals surface area (Å²) in [4.78, 5) is 0. The molecule has 0 fully saturated rings. The third kappa shape index (κ3) is 15.9. The molecular weight excluding hydrogens is 410 g/mol. The third-order valence-corrected chi connectivity index (χ3v) is 9.07. The maximum atomic E-state index is 6.58. The molecule has 4 unspecified atom stereocenters. The molecule has 0 bridgehead atoms. The zero-order valence-corrected chi connectivity index (χ0v) is 24.6. The molecule has 30 heavy (non-hydrogen) atoms. The Morgan fingerprint density at radius 2 is 1.03 bits per heavy atom. The van der Waals surface area contributed by atoms with Crippen molar-refractivity contribution in [3.63, 3.8) is 0 Å². The summed E-state index contributed by atoms with van der Waals surface area (Å²) in [5.41, 5.74) is 6.77. The van der Waals surface area contributed by atoms with Gasteiger partial charge < -0.3 is 24.1 Å². The van der Waals surface area contributed by atoms with Crippen molar-refractivity contribution < 1.29 is 18.3 Å². The predicted molar refractivity (Wildman–Crippen MR) is 134 cm³/mol. The third-order valence-electron chi connectivity index (χ3n) is 5.06. The molecule has 0 aliphatic heterocycles. The van der Waals surface area contributed by atoms with Crippen LogP contribution in [0, 0.1) is 0 Å². The van der Waals surface area contributed by atoms with E-state index >= 15 is 0 Å². The molecule has 0 saturated heterocycles. The first-order valence-electron chi connectivity index (χ1n) is 12.1. The molecule has 4 atom stereocenters. The van der Waals surface area contributed by atoms with E-state index in [-0.39, 0.29) is 40.9 Å². The van der Waals surface area contributed by atoms with E-state index in [0.717, 1.165) is 25.7 Å². The number of rotatable bonds is 16. The zero-order valence-electron chi connectivity index (χ0n) is 21.8. The van der Waals surface area contributed by atoms with Crippen molar-refractivity contribution in [2.45, 2.75) is 149 Å². The fourth-order valence-corrected chi connectivity index (χ4v) is 6.15. The molecule has 0 heterocycles. The Morgan fingerprint density at radius 3 is 1.30 bits per heavy atom. The molecule has 7 heteroatoms. The first kappa shape index (κ1) is 30.2. The van der Waals surface area contributed by atoms with Crippen molar-refractivity contribution in [1.29, 1.82) is 0 Å². The first-order chi connectivity index (χ1) is 13.8. The summed E-state index contributed by atoms with van der Waals surface area (Å²) in [6.45, 7) is 21.3. The SMILES string of the molecule is CCCCC(OC(C)C(N)C(C)OC(CCCC)[SiH2]OC(C)(C)C)[SiH2]OC(C)(C)C. The predicted octanol–water partition coefficient (Wildman–Crippen LogP) is 3.95. The fourth-order valence-electron chi connectivity index (χ4n) is 3.10. The molecule has 0 saturated carbocycles. The molecule has 0 spiro atoms. The highest BCUT2D eigenvalue weighted by atomic mass is 28.2. The van der Waals surface area contributed by atoms with Crippen LogP contribution < -0.4 is 5.73 Å². The lowest BCUT2D eigenvalue weighted by Gasteiger charge is -2.33. The molecule has 2 N–H and O–H groups in total. The summed E-state index contributed by atoms with van der Waals surface area (Å²) in [6.07, 6.45) is 6.64. The number of hydrogen-bond acceptors (Lipinski definition) is 5. The maximum Gasteiger partial charge on any atom is 0.191 e. The van der Waals surface area contributed by atoms with E-state index in [1.165, 1.54) is 12.8 Å². The van der Waals surface area contributed by atoms with E-state index in [1.54, 1.807) is 0 Å². The Kier molecular flexibility index (Phi) is 15.3. The van der Waals surface area contributed by atoms with Crippen molar-refractivity contribution in [1.82, 2.24) is 0 Å². The topological polar surface area (TPSA) is 62.9 Å². The zero-order chi connectivity index (χ0) is 23.4. The van der Waals surface area contributed by atoms with Crippen LogP contribution in [-0.2, 0) is 18.3 Å². The quantitative estimate of drug-likeness (QED) is 0.351. The standard InChI is InChI=1S/C23H53NO4Si2/c1-11-13-15-19(29-27-22(5,6)7)25-17(3)21(24)18(4)26-20(16-14-12-2)30-28-23(8,9)10/h17-21H,11-16,24,29-30H2,1-10H3. The normalized spacial score (nSPS) is 18.9.